The summed E-state index contributed by atoms with van der Waals surface area (Å²) in [6.45, 7) is 4.87. The second kappa shape index (κ2) is 5.12. The van der Waals surface area contributed by atoms with Crippen molar-refractivity contribution in [1.29, 1.82) is 0 Å². The first-order chi connectivity index (χ1) is 10.8. The first kappa shape index (κ1) is 15.1. The van der Waals surface area contributed by atoms with Crippen molar-refractivity contribution in [2.45, 2.75) is 26.3 Å². The van der Waals surface area contributed by atoms with Gasteiger partial charge in [0.15, 0.2) is 11.3 Å². The fourth-order valence-corrected chi connectivity index (χ4v) is 2.81. The minimum absolute atomic E-state index is 0.293. The van der Waals surface area contributed by atoms with Crippen molar-refractivity contribution in [2.24, 2.45) is 0 Å². The van der Waals surface area contributed by atoms with Gasteiger partial charge < -0.3 is 14.7 Å². The third-order valence-electron chi connectivity index (χ3n) is 4.04. The second-order valence-electron chi connectivity index (χ2n) is 5.84. The van der Waals surface area contributed by atoms with Crippen LogP contribution in [0.5, 0.6) is 0 Å². The molecule has 0 aliphatic carbocycles. The van der Waals surface area contributed by atoms with Gasteiger partial charge in [0.2, 0.25) is 0 Å². The number of nitrogens with zero attached hydrogens (tertiary/aromatic N) is 1. The van der Waals surface area contributed by atoms with Crippen LogP contribution in [-0.2, 0) is 10.3 Å². The van der Waals surface area contributed by atoms with Gasteiger partial charge in [0.1, 0.15) is 5.76 Å². The van der Waals surface area contributed by atoms with E-state index in [2.05, 4.69) is 10.3 Å². The van der Waals surface area contributed by atoms with Crippen LogP contribution in [0, 0.1) is 13.8 Å². The van der Waals surface area contributed by atoms with Gasteiger partial charge >= 0.3 is 6.03 Å². The Bertz CT molecular complexity index is 790. The first-order valence-electron chi connectivity index (χ1n) is 7.20. The van der Waals surface area contributed by atoms with Crippen LogP contribution in [-0.4, -0.2) is 34.2 Å². The normalized spacial score (nSPS) is 20.9. The lowest BCUT2D eigenvalue weighted by molar-refractivity contribution is -0.131. The summed E-state index contributed by atoms with van der Waals surface area (Å²) in [6.07, 6.45) is 1.43. The highest BCUT2D eigenvalue weighted by atomic mass is 16.3. The molecule has 1 saturated heterocycles. The predicted octanol–water partition coefficient (Wildman–Crippen LogP) is 1.87. The van der Waals surface area contributed by atoms with Gasteiger partial charge in [-0.3, -0.25) is 14.5 Å². The molecule has 7 nitrogen and oxygen atoms in total. The van der Waals surface area contributed by atoms with Gasteiger partial charge in [0.05, 0.1) is 12.8 Å². The van der Waals surface area contributed by atoms with E-state index in [1.807, 2.05) is 6.92 Å². The number of ketones is 1. The zero-order chi connectivity index (χ0) is 16.8. The number of H-pyrrole nitrogens is 1. The smallest absolute Gasteiger partial charge is 0.325 e. The summed E-state index contributed by atoms with van der Waals surface area (Å²) in [7, 11) is 0. The van der Waals surface area contributed by atoms with Gasteiger partial charge in [-0.1, -0.05) is 0 Å². The topological polar surface area (TPSA) is 95.4 Å². The summed E-state index contributed by atoms with van der Waals surface area (Å²) in [6, 6.07) is 4.36. The molecule has 2 N–H and O–H groups in total. The molecule has 2 aromatic rings. The molecule has 1 unspecified atom stereocenters. The number of furan rings is 1. The number of hydrogen-bond acceptors (Lipinski definition) is 4. The molecule has 1 aliphatic rings. The number of urea groups is 1. The third kappa shape index (κ3) is 2.34. The largest absolute Gasteiger partial charge is 0.466 e. The number of imide groups is 1. The third-order valence-corrected chi connectivity index (χ3v) is 4.04. The Morgan fingerprint density at radius 1 is 1.35 bits per heavy atom. The standard InChI is InChI=1S/C16H17N3O4/c1-9-7-11(10(2)17-9)12(20)8-19-14(21)16(3,18-15(19)22)13-5-4-6-23-13/h4-7,17H,8H2,1-3H3,(H,18,22). The van der Waals surface area contributed by atoms with E-state index >= 15 is 0 Å². The van der Waals surface area contributed by atoms with Crippen LogP contribution in [0.25, 0.3) is 0 Å². The summed E-state index contributed by atoms with van der Waals surface area (Å²) in [5.41, 5.74) is 0.760. The van der Waals surface area contributed by atoms with Gasteiger partial charge in [-0.2, -0.15) is 0 Å². The summed E-state index contributed by atoms with van der Waals surface area (Å²) < 4.78 is 5.25. The molecular weight excluding hydrogens is 298 g/mol. The summed E-state index contributed by atoms with van der Waals surface area (Å²) in [4.78, 5) is 41.1. The van der Waals surface area contributed by atoms with Crippen LogP contribution in [0.3, 0.4) is 0 Å². The van der Waals surface area contributed by atoms with Crippen LogP contribution in [0.2, 0.25) is 0 Å². The van der Waals surface area contributed by atoms with Crippen molar-refractivity contribution in [1.82, 2.24) is 15.2 Å². The number of aromatic nitrogens is 1. The van der Waals surface area contributed by atoms with Crippen molar-refractivity contribution in [3.05, 3.63) is 47.2 Å². The monoisotopic (exact) mass is 315 g/mol. The zero-order valence-corrected chi connectivity index (χ0v) is 13.1. The zero-order valence-electron chi connectivity index (χ0n) is 13.1. The maximum Gasteiger partial charge on any atom is 0.325 e. The van der Waals surface area contributed by atoms with Crippen molar-refractivity contribution in [3.8, 4) is 0 Å². The molecule has 0 radical (unpaired) electrons. The fraction of sp³-hybridized carbons (Fsp3) is 0.312. The average molecular weight is 315 g/mol. The predicted molar refractivity (Wildman–Crippen MR) is 80.9 cm³/mol. The highest BCUT2D eigenvalue weighted by Gasteiger charge is 2.51. The van der Waals surface area contributed by atoms with E-state index in [9.17, 15) is 14.4 Å². The molecule has 23 heavy (non-hydrogen) atoms. The van der Waals surface area contributed by atoms with E-state index in [-0.39, 0.29) is 12.3 Å². The van der Waals surface area contributed by atoms with Gasteiger partial charge in [-0.05, 0) is 39.0 Å². The van der Waals surface area contributed by atoms with Crippen LogP contribution in [0.15, 0.2) is 28.9 Å². The molecule has 7 heteroatoms. The molecule has 2 aromatic heterocycles. The lowest BCUT2D eigenvalue weighted by atomic mass is 9.99. The maximum absolute atomic E-state index is 12.6. The van der Waals surface area contributed by atoms with E-state index < -0.39 is 17.5 Å². The average Bonchev–Trinajstić information content (AvgIpc) is 3.16. The number of carbonyl (C=O) groups is 3. The van der Waals surface area contributed by atoms with Gasteiger partial charge in [0, 0.05) is 17.0 Å². The molecule has 120 valence electrons. The number of hydrogen-bond donors (Lipinski definition) is 2. The van der Waals surface area contributed by atoms with E-state index in [0.29, 0.717) is 17.0 Å². The summed E-state index contributed by atoms with van der Waals surface area (Å²) in [5.74, 6) is -0.464. The summed E-state index contributed by atoms with van der Waals surface area (Å²) in [5, 5.41) is 2.59. The fourth-order valence-electron chi connectivity index (χ4n) is 2.81. The Balaban J connectivity index is 1.84. The van der Waals surface area contributed by atoms with E-state index in [1.54, 1.807) is 32.0 Å². The quantitative estimate of drug-likeness (QED) is 0.665. The van der Waals surface area contributed by atoms with Crippen molar-refractivity contribution >= 4 is 17.7 Å². The Morgan fingerprint density at radius 3 is 2.65 bits per heavy atom. The van der Waals surface area contributed by atoms with Crippen LogP contribution in [0.1, 0.15) is 34.4 Å². The number of aryl methyl sites for hydroxylation is 2. The minimum Gasteiger partial charge on any atom is -0.466 e. The molecule has 3 rings (SSSR count). The SMILES string of the molecule is Cc1cc(C(=O)CN2C(=O)NC(C)(c3ccco3)C2=O)c(C)[nH]1. The molecule has 0 saturated carbocycles. The van der Waals surface area contributed by atoms with E-state index in [0.717, 1.165) is 10.6 Å². The number of amides is 3. The van der Waals surface area contributed by atoms with E-state index in [4.69, 9.17) is 4.42 Å². The van der Waals surface area contributed by atoms with Crippen molar-refractivity contribution in [2.75, 3.05) is 6.54 Å². The van der Waals surface area contributed by atoms with Crippen molar-refractivity contribution < 1.29 is 18.8 Å². The Morgan fingerprint density at radius 2 is 2.09 bits per heavy atom. The maximum atomic E-state index is 12.6. The Hall–Kier alpha value is -2.83. The van der Waals surface area contributed by atoms with Gasteiger partial charge in [-0.25, -0.2) is 4.79 Å². The molecule has 1 atom stereocenters. The van der Waals surface area contributed by atoms with Crippen LogP contribution >= 0.6 is 0 Å². The summed E-state index contributed by atoms with van der Waals surface area (Å²) >= 11 is 0. The first-order valence-corrected chi connectivity index (χ1v) is 7.20. The van der Waals surface area contributed by atoms with Gasteiger partial charge in [0.25, 0.3) is 5.91 Å². The minimum atomic E-state index is -1.29. The van der Waals surface area contributed by atoms with Crippen LogP contribution in [0.4, 0.5) is 4.79 Å². The Kier molecular flexibility index (Phi) is 3.35. The molecule has 0 spiro atoms. The Labute approximate surface area is 132 Å². The molecule has 3 amide bonds. The molecule has 0 aromatic carbocycles. The molecule has 0 bridgehead atoms. The second-order valence-corrected chi connectivity index (χ2v) is 5.84. The molecule has 1 fully saturated rings. The molecule has 3 heterocycles. The highest BCUT2D eigenvalue weighted by Crippen LogP contribution is 2.29. The highest BCUT2D eigenvalue weighted by molar-refractivity contribution is 6.11. The molecular formula is C16H17N3O4. The number of carbonyl (C=O) groups excluding carboxylic acids is 3. The number of Topliss-reactive ketones (excluding diaryl/α,β-unsaturated/α-hetero) is 1. The number of rotatable bonds is 4. The van der Waals surface area contributed by atoms with Crippen molar-refractivity contribution in [3.63, 3.8) is 0 Å². The number of nitrogens with one attached hydrogen (secondary N) is 2. The number of aromatic amines is 1. The molecule has 1 aliphatic heterocycles. The lowest BCUT2D eigenvalue weighted by Crippen LogP contribution is -2.41. The van der Waals surface area contributed by atoms with Gasteiger partial charge in [-0.15, -0.1) is 0 Å². The van der Waals surface area contributed by atoms with E-state index in [1.165, 1.54) is 6.26 Å². The van der Waals surface area contributed by atoms with Crippen LogP contribution < -0.4 is 5.32 Å². The lowest BCUT2D eigenvalue weighted by Gasteiger charge is -2.18.